The summed E-state index contributed by atoms with van der Waals surface area (Å²) in [4.78, 5) is 2.65. The van der Waals surface area contributed by atoms with Crippen LogP contribution in [0.2, 0.25) is 0 Å². The van der Waals surface area contributed by atoms with E-state index >= 15 is 0 Å². The predicted molar refractivity (Wildman–Crippen MR) is 85.1 cm³/mol. The number of nitrogens with zero attached hydrogens (tertiary/aromatic N) is 1. The number of rotatable bonds is 5. The Morgan fingerprint density at radius 2 is 1.89 bits per heavy atom. The van der Waals surface area contributed by atoms with Gasteiger partial charge in [-0.05, 0) is 68.9 Å². The first-order chi connectivity index (χ1) is 9.24. The summed E-state index contributed by atoms with van der Waals surface area (Å²) in [6, 6.07) is 9.39. The van der Waals surface area contributed by atoms with E-state index in [0.717, 1.165) is 16.9 Å². The lowest BCUT2D eigenvalue weighted by Crippen LogP contribution is -2.37. The zero-order chi connectivity index (χ0) is 13.7. The summed E-state index contributed by atoms with van der Waals surface area (Å²) in [6.45, 7) is 5.58. The van der Waals surface area contributed by atoms with Crippen molar-refractivity contribution in [3.05, 3.63) is 34.3 Å². The molecule has 0 radical (unpaired) electrons. The second kappa shape index (κ2) is 7.41. The predicted octanol–water partition coefficient (Wildman–Crippen LogP) is 3.96. The fourth-order valence-corrected chi connectivity index (χ4v) is 3.44. The maximum atomic E-state index is 5.67. The number of hydrogen-bond donors (Lipinski definition) is 1. The normalized spacial score (nSPS) is 19.5. The summed E-state index contributed by atoms with van der Waals surface area (Å²) in [5.74, 6) is 0.851. The number of hydrogen-bond acceptors (Lipinski definition) is 2. The van der Waals surface area contributed by atoms with Crippen molar-refractivity contribution in [2.24, 2.45) is 11.7 Å². The Balaban J connectivity index is 1.97. The fraction of sp³-hybridized carbons (Fsp3) is 0.625. The highest BCUT2D eigenvalue weighted by molar-refractivity contribution is 9.10. The van der Waals surface area contributed by atoms with Crippen LogP contribution in [0.5, 0.6) is 0 Å². The maximum Gasteiger partial charge on any atom is 0.0345 e. The van der Waals surface area contributed by atoms with E-state index in [1.54, 1.807) is 0 Å². The van der Waals surface area contributed by atoms with Crippen molar-refractivity contribution in [2.45, 2.75) is 38.6 Å². The zero-order valence-electron chi connectivity index (χ0n) is 11.8. The van der Waals surface area contributed by atoms with Crippen molar-refractivity contribution < 1.29 is 0 Å². The van der Waals surface area contributed by atoms with Crippen molar-refractivity contribution in [1.82, 2.24) is 4.90 Å². The molecule has 1 saturated heterocycles. The van der Waals surface area contributed by atoms with Gasteiger partial charge in [-0.3, -0.25) is 4.90 Å². The first-order valence-corrected chi connectivity index (χ1v) is 8.23. The largest absolute Gasteiger partial charge is 0.330 e. The minimum Gasteiger partial charge on any atom is -0.330 e. The number of nitrogens with two attached hydrogens (primary N) is 1. The highest BCUT2D eigenvalue weighted by Gasteiger charge is 2.24. The smallest absolute Gasteiger partial charge is 0.0345 e. The Hall–Kier alpha value is -0.380. The molecule has 0 saturated carbocycles. The molecule has 1 heterocycles. The Morgan fingerprint density at radius 1 is 1.26 bits per heavy atom. The van der Waals surface area contributed by atoms with Gasteiger partial charge in [-0.2, -0.15) is 0 Å². The van der Waals surface area contributed by atoms with E-state index < -0.39 is 0 Å². The standard InChI is InChI=1S/C16H25BrN2/c1-2-16(14-3-5-15(17)6-4-14)19-11-8-13(7-10-18)9-12-19/h3-6,13,16H,2,7-12,18H2,1H3. The van der Waals surface area contributed by atoms with Gasteiger partial charge in [0.05, 0.1) is 0 Å². The number of benzene rings is 1. The third-order valence-corrected chi connectivity index (χ3v) is 4.83. The molecule has 0 aliphatic carbocycles. The molecule has 0 spiro atoms. The average molecular weight is 325 g/mol. The number of likely N-dealkylation sites (tertiary alicyclic amines) is 1. The van der Waals surface area contributed by atoms with Gasteiger partial charge in [0.15, 0.2) is 0 Å². The van der Waals surface area contributed by atoms with E-state index in [2.05, 4.69) is 52.0 Å². The molecule has 1 unspecified atom stereocenters. The minimum atomic E-state index is 0.576. The van der Waals surface area contributed by atoms with E-state index in [1.165, 1.54) is 44.3 Å². The molecular weight excluding hydrogens is 300 g/mol. The lowest BCUT2D eigenvalue weighted by atomic mass is 9.91. The second-order valence-electron chi connectivity index (χ2n) is 5.53. The molecule has 0 aromatic heterocycles. The summed E-state index contributed by atoms with van der Waals surface area (Å²) in [5.41, 5.74) is 7.11. The Bertz CT molecular complexity index is 369. The van der Waals surface area contributed by atoms with Gasteiger partial charge in [0.25, 0.3) is 0 Å². The van der Waals surface area contributed by atoms with Gasteiger partial charge in [-0.25, -0.2) is 0 Å². The van der Waals surface area contributed by atoms with Crippen LogP contribution < -0.4 is 5.73 Å². The monoisotopic (exact) mass is 324 g/mol. The Morgan fingerprint density at radius 3 is 2.42 bits per heavy atom. The van der Waals surface area contributed by atoms with E-state index in [4.69, 9.17) is 5.73 Å². The van der Waals surface area contributed by atoms with Crippen LogP contribution in [0.25, 0.3) is 0 Å². The van der Waals surface area contributed by atoms with Gasteiger partial charge in [-0.1, -0.05) is 35.0 Å². The first kappa shape index (κ1) is 15.0. The SMILES string of the molecule is CCC(c1ccc(Br)cc1)N1CCC(CCN)CC1. The second-order valence-corrected chi connectivity index (χ2v) is 6.45. The van der Waals surface area contributed by atoms with Crippen molar-refractivity contribution in [2.75, 3.05) is 19.6 Å². The molecular formula is C16H25BrN2. The van der Waals surface area contributed by atoms with Crippen molar-refractivity contribution in [1.29, 1.82) is 0 Å². The van der Waals surface area contributed by atoms with E-state index in [0.29, 0.717) is 6.04 Å². The minimum absolute atomic E-state index is 0.576. The third-order valence-electron chi connectivity index (χ3n) is 4.31. The fourth-order valence-electron chi connectivity index (χ4n) is 3.18. The summed E-state index contributed by atoms with van der Waals surface area (Å²) in [6.07, 6.45) is 5.00. The topological polar surface area (TPSA) is 29.3 Å². The highest BCUT2D eigenvalue weighted by atomic mass is 79.9. The van der Waals surface area contributed by atoms with Crippen LogP contribution in [0.3, 0.4) is 0 Å². The van der Waals surface area contributed by atoms with Crippen LogP contribution in [-0.4, -0.2) is 24.5 Å². The van der Waals surface area contributed by atoms with Gasteiger partial charge < -0.3 is 5.73 Å². The van der Waals surface area contributed by atoms with Crippen molar-refractivity contribution in [3.63, 3.8) is 0 Å². The molecule has 19 heavy (non-hydrogen) atoms. The van der Waals surface area contributed by atoms with E-state index in [-0.39, 0.29) is 0 Å². The van der Waals surface area contributed by atoms with Gasteiger partial charge in [0.1, 0.15) is 0 Å². The summed E-state index contributed by atoms with van der Waals surface area (Å²) in [7, 11) is 0. The van der Waals surface area contributed by atoms with Gasteiger partial charge in [0.2, 0.25) is 0 Å². The van der Waals surface area contributed by atoms with Gasteiger partial charge in [0, 0.05) is 10.5 Å². The van der Waals surface area contributed by atoms with Crippen LogP contribution in [0, 0.1) is 5.92 Å². The van der Waals surface area contributed by atoms with E-state index in [9.17, 15) is 0 Å². The average Bonchev–Trinajstić information content (AvgIpc) is 2.44. The van der Waals surface area contributed by atoms with Gasteiger partial charge >= 0.3 is 0 Å². The summed E-state index contributed by atoms with van der Waals surface area (Å²) in [5, 5.41) is 0. The molecule has 2 N–H and O–H groups in total. The summed E-state index contributed by atoms with van der Waals surface area (Å²) >= 11 is 3.51. The quantitative estimate of drug-likeness (QED) is 0.888. The van der Waals surface area contributed by atoms with Crippen LogP contribution in [0.15, 0.2) is 28.7 Å². The third kappa shape index (κ3) is 4.04. The number of halogens is 1. The molecule has 1 aliphatic heterocycles. The number of piperidine rings is 1. The molecule has 0 amide bonds. The highest BCUT2D eigenvalue weighted by Crippen LogP contribution is 2.30. The Kier molecular flexibility index (Phi) is 5.86. The van der Waals surface area contributed by atoms with Crippen molar-refractivity contribution >= 4 is 15.9 Å². The molecule has 1 atom stereocenters. The molecule has 2 nitrogen and oxygen atoms in total. The Labute approximate surface area is 125 Å². The lowest BCUT2D eigenvalue weighted by molar-refractivity contribution is 0.126. The van der Waals surface area contributed by atoms with Crippen LogP contribution in [0.1, 0.15) is 44.2 Å². The van der Waals surface area contributed by atoms with Crippen LogP contribution in [-0.2, 0) is 0 Å². The molecule has 1 aromatic carbocycles. The molecule has 106 valence electrons. The molecule has 2 rings (SSSR count). The molecule has 3 heteroatoms. The van der Waals surface area contributed by atoms with Crippen LogP contribution in [0.4, 0.5) is 0 Å². The lowest BCUT2D eigenvalue weighted by Gasteiger charge is -2.37. The molecule has 1 aromatic rings. The molecule has 1 fully saturated rings. The summed E-state index contributed by atoms with van der Waals surface area (Å²) < 4.78 is 1.16. The van der Waals surface area contributed by atoms with Crippen LogP contribution >= 0.6 is 15.9 Å². The van der Waals surface area contributed by atoms with E-state index in [1.807, 2.05) is 0 Å². The maximum absolute atomic E-state index is 5.67. The van der Waals surface area contributed by atoms with Gasteiger partial charge in [-0.15, -0.1) is 0 Å². The molecule has 1 aliphatic rings. The zero-order valence-corrected chi connectivity index (χ0v) is 13.4. The first-order valence-electron chi connectivity index (χ1n) is 7.44. The van der Waals surface area contributed by atoms with Crippen molar-refractivity contribution in [3.8, 4) is 0 Å². The molecule has 0 bridgehead atoms.